The van der Waals surface area contributed by atoms with Gasteiger partial charge in [0.1, 0.15) is 11.4 Å². The van der Waals surface area contributed by atoms with E-state index in [2.05, 4.69) is 11.9 Å². The van der Waals surface area contributed by atoms with Gasteiger partial charge in [0, 0.05) is 0 Å². The molecule has 0 saturated heterocycles. The Bertz CT molecular complexity index is 184. The van der Waals surface area contributed by atoms with Gasteiger partial charge in [-0.15, -0.1) is 0 Å². The van der Waals surface area contributed by atoms with Gasteiger partial charge in [0.25, 0.3) is 0 Å². The van der Waals surface area contributed by atoms with Crippen molar-refractivity contribution in [3.05, 3.63) is 12.4 Å². The first-order valence-electron chi connectivity index (χ1n) is 3.61. The number of carbonyl (C=O) groups is 1. The highest BCUT2D eigenvalue weighted by Crippen LogP contribution is 2.06. The van der Waals surface area contributed by atoms with Gasteiger partial charge in [-0.25, -0.2) is 9.18 Å². The summed E-state index contributed by atoms with van der Waals surface area (Å²) in [6.45, 7) is 7.99. The third-order valence-electron chi connectivity index (χ3n) is 0.823. The number of halogens is 1. The maximum Gasteiger partial charge on any atom is 0.407 e. The number of nitrogens with one attached hydrogen (secondary N) is 1. The van der Waals surface area contributed by atoms with Crippen LogP contribution in [0.3, 0.4) is 0 Å². The molecule has 0 aliphatic carbocycles. The minimum absolute atomic E-state index is 0.199. The maximum absolute atomic E-state index is 12.0. The fourth-order valence-corrected chi connectivity index (χ4v) is 0.482. The van der Waals surface area contributed by atoms with E-state index in [4.69, 9.17) is 4.74 Å². The fourth-order valence-electron chi connectivity index (χ4n) is 0.482. The van der Waals surface area contributed by atoms with Crippen LogP contribution in [0.25, 0.3) is 0 Å². The third-order valence-corrected chi connectivity index (χ3v) is 0.823. The standard InChI is InChI=1S/C8H14FNO2/c1-6(9)5-10-7(11)12-8(2,3)4/h1,5H2,2-4H3,(H,10,11). The molecule has 0 atom stereocenters. The van der Waals surface area contributed by atoms with Crippen molar-refractivity contribution in [2.45, 2.75) is 26.4 Å². The molecule has 0 radical (unpaired) electrons. The first-order valence-corrected chi connectivity index (χ1v) is 3.61. The number of rotatable bonds is 2. The Kier molecular flexibility index (Phi) is 3.73. The van der Waals surface area contributed by atoms with Crippen molar-refractivity contribution in [1.29, 1.82) is 0 Å². The molecule has 0 spiro atoms. The van der Waals surface area contributed by atoms with Gasteiger partial charge in [-0.2, -0.15) is 0 Å². The Hall–Kier alpha value is -1.06. The van der Waals surface area contributed by atoms with Gasteiger partial charge in [0.15, 0.2) is 0 Å². The molecule has 0 aromatic carbocycles. The predicted octanol–water partition coefficient (Wildman–Crippen LogP) is 1.99. The Morgan fingerprint density at radius 2 is 2.08 bits per heavy atom. The predicted molar refractivity (Wildman–Crippen MR) is 44.5 cm³/mol. The Balaban J connectivity index is 3.68. The summed E-state index contributed by atoms with van der Waals surface area (Å²) in [6, 6.07) is 0. The molecule has 3 nitrogen and oxygen atoms in total. The minimum Gasteiger partial charge on any atom is -0.444 e. The summed E-state index contributed by atoms with van der Waals surface area (Å²) in [7, 11) is 0. The Labute approximate surface area is 71.6 Å². The van der Waals surface area contributed by atoms with Crippen LogP contribution < -0.4 is 5.32 Å². The second-order valence-corrected chi connectivity index (χ2v) is 3.37. The van der Waals surface area contributed by atoms with Crippen molar-refractivity contribution in [3.63, 3.8) is 0 Å². The van der Waals surface area contributed by atoms with Crippen LogP contribution in [0.4, 0.5) is 9.18 Å². The van der Waals surface area contributed by atoms with Gasteiger partial charge in [0.05, 0.1) is 6.54 Å². The molecule has 0 aliphatic rings. The molecular weight excluding hydrogens is 161 g/mol. The lowest BCUT2D eigenvalue weighted by molar-refractivity contribution is 0.0530. The summed E-state index contributed by atoms with van der Waals surface area (Å²) in [6.07, 6.45) is -0.638. The van der Waals surface area contributed by atoms with E-state index in [0.717, 1.165) is 0 Å². The normalized spacial score (nSPS) is 10.7. The van der Waals surface area contributed by atoms with Crippen LogP contribution >= 0.6 is 0 Å². The highest BCUT2D eigenvalue weighted by molar-refractivity contribution is 5.67. The molecule has 0 aromatic rings. The van der Waals surface area contributed by atoms with E-state index >= 15 is 0 Å². The fraction of sp³-hybridized carbons (Fsp3) is 0.625. The molecule has 0 heterocycles. The topological polar surface area (TPSA) is 38.3 Å². The second-order valence-electron chi connectivity index (χ2n) is 3.37. The average molecular weight is 175 g/mol. The number of hydrogen-bond donors (Lipinski definition) is 1. The van der Waals surface area contributed by atoms with E-state index in [1.54, 1.807) is 20.8 Å². The largest absolute Gasteiger partial charge is 0.444 e. The molecule has 0 fully saturated rings. The minimum atomic E-state index is -0.638. The molecular formula is C8H14FNO2. The number of hydrogen-bond acceptors (Lipinski definition) is 2. The molecule has 1 N–H and O–H groups in total. The lowest BCUT2D eigenvalue weighted by Gasteiger charge is -2.19. The maximum atomic E-state index is 12.0. The zero-order chi connectivity index (χ0) is 9.78. The Morgan fingerprint density at radius 1 is 1.58 bits per heavy atom. The van der Waals surface area contributed by atoms with Crippen LogP contribution in [0.2, 0.25) is 0 Å². The van der Waals surface area contributed by atoms with E-state index in [-0.39, 0.29) is 6.54 Å². The van der Waals surface area contributed by atoms with Crippen molar-refractivity contribution >= 4 is 6.09 Å². The third kappa shape index (κ3) is 7.05. The monoisotopic (exact) mass is 175 g/mol. The number of alkyl carbamates (subject to hydrolysis) is 1. The van der Waals surface area contributed by atoms with Gasteiger partial charge >= 0.3 is 6.09 Å². The van der Waals surface area contributed by atoms with Crippen molar-refractivity contribution in [2.75, 3.05) is 6.54 Å². The van der Waals surface area contributed by atoms with Crippen molar-refractivity contribution in [2.24, 2.45) is 0 Å². The number of ether oxygens (including phenoxy) is 1. The van der Waals surface area contributed by atoms with Crippen LogP contribution in [0.1, 0.15) is 20.8 Å². The van der Waals surface area contributed by atoms with Gasteiger partial charge in [0.2, 0.25) is 0 Å². The SMILES string of the molecule is C=C(F)CNC(=O)OC(C)(C)C. The number of carbonyl (C=O) groups excluding carboxylic acids is 1. The van der Waals surface area contributed by atoms with E-state index in [1.165, 1.54) is 0 Å². The first-order chi connectivity index (χ1) is 5.31. The van der Waals surface area contributed by atoms with E-state index in [1.807, 2.05) is 0 Å². The van der Waals surface area contributed by atoms with Crippen LogP contribution in [-0.2, 0) is 4.74 Å². The van der Waals surface area contributed by atoms with Crippen LogP contribution in [0.5, 0.6) is 0 Å². The van der Waals surface area contributed by atoms with Gasteiger partial charge in [-0.1, -0.05) is 6.58 Å². The van der Waals surface area contributed by atoms with Crippen molar-refractivity contribution < 1.29 is 13.9 Å². The second kappa shape index (κ2) is 4.09. The van der Waals surface area contributed by atoms with Crippen LogP contribution in [0, 0.1) is 0 Å². The number of amides is 1. The molecule has 0 unspecified atom stereocenters. The lowest BCUT2D eigenvalue weighted by Crippen LogP contribution is -2.33. The van der Waals surface area contributed by atoms with Gasteiger partial charge in [-0.05, 0) is 20.8 Å². The van der Waals surface area contributed by atoms with Crippen LogP contribution in [0.15, 0.2) is 12.4 Å². The summed E-state index contributed by atoms with van der Waals surface area (Å²) in [5.74, 6) is -0.596. The smallest absolute Gasteiger partial charge is 0.407 e. The quantitative estimate of drug-likeness (QED) is 0.697. The molecule has 0 aromatic heterocycles. The van der Waals surface area contributed by atoms with Crippen molar-refractivity contribution in [1.82, 2.24) is 5.32 Å². The Morgan fingerprint density at radius 3 is 2.42 bits per heavy atom. The zero-order valence-corrected chi connectivity index (χ0v) is 7.61. The molecule has 0 saturated carbocycles. The van der Waals surface area contributed by atoms with Gasteiger partial charge < -0.3 is 10.1 Å². The average Bonchev–Trinajstić information content (AvgIpc) is 1.79. The van der Waals surface area contributed by atoms with Gasteiger partial charge in [-0.3, -0.25) is 0 Å². The summed E-state index contributed by atoms with van der Waals surface area (Å²) in [4.78, 5) is 10.8. The molecule has 0 rings (SSSR count). The van der Waals surface area contributed by atoms with E-state index in [9.17, 15) is 9.18 Å². The molecule has 4 heteroatoms. The molecule has 1 amide bonds. The molecule has 0 aliphatic heterocycles. The summed E-state index contributed by atoms with van der Waals surface area (Å²) >= 11 is 0. The van der Waals surface area contributed by atoms with E-state index < -0.39 is 17.5 Å². The summed E-state index contributed by atoms with van der Waals surface area (Å²) < 4.78 is 16.9. The molecule has 12 heavy (non-hydrogen) atoms. The van der Waals surface area contributed by atoms with Crippen LogP contribution in [-0.4, -0.2) is 18.2 Å². The molecule has 0 bridgehead atoms. The zero-order valence-electron chi connectivity index (χ0n) is 7.61. The summed E-state index contributed by atoms with van der Waals surface area (Å²) in [5.41, 5.74) is -0.554. The highest BCUT2D eigenvalue weighted by atomic mass is 19.1. The summed E-state index contributed by atoms with van der Waals surface area (Å²) in [5, 5.41) is 2.20. The first kappa shape index (κ1) is 10.9. The lowest BCUT2D eigenvalue weighted by atomic mass is 10.2. The van der Waals surface area contributed by atoms with Crippen molar-refractivity contribution in [3.8, 4) is 0 Å². The molecule has 70 valence electrons. The van der Waals surface area contributed by atoms with E-state index in [0.29, 0.717) is 0 Å². The highest BCUT2D eigenvalue weighted by Gasteiger charge is 2.15.